The van der Waals surface area contributed by atoms with Gasteiger partial charge in [-0.15, -0.1) is 0 Å². The van der Waals surface area contributed by atoms with Gasteiger partial charge < -0.3 is 9.52 Å². The first-order chi connectivity index (χ1) is 10.6. The Morgan fingerprint density at radius 3 is 2.77 bits per heavy atom. The molecule has 0 aromatic carbocycles. The summed E-state index contributed by atoms with van der Waals surface area (Å²) in [7, 11) is 0. The van der Waals surface area contributed by atoms with Crippen LogP contribution in [0.5, 0.6) is 0 Å². The van der Waals surface area contributed by atoms with Crippen LogP contribution in [0.4, 0.5) is 0 Å². The zero-order chi connectivity index (χ0) is 15.5. The zero-order valence-electron chi connectivity index (χ0n) is 12.2. The average molecular weight is 302 g/mol. The second-order valence-corrected chi connectivity index (χ2v) is 5.58. The number of aromatic carboxylic acids is 1. The first-order valence-electron chi connectivity index (χ1n) is 7.57. The Morgan fingerprint density at radius 2 is 2.05 bits per heavy atom. The monoisotopic (exact) mass is 302 g/mol. The van der Waals surface area contributed by atoms with Crippen LogP contribution in [-0.4, -0.2) is 22.7 Å². The molecule has 6 heteroatoms. The van der Waals surface area contributed by atoms with Gasteiger partial charge in [-0.2, -0.15) is 5.10 Å². The standard InChI is InChI=1S/C16H18N2O4/c19-15(10-5-2-1-3-6-10)18-17-12-7-4-8-13-11(12)9-14(22-13)16(20)21/h5,9H,1-4,6-8H2,(H,18,19)(H,20,21)/b17-12+. The van der Waals surface area contributed by atoms with Crippen LogP contribution in [0.3, 0.4) is 0 Å². The summed E-state index contributed by atoms with van der Waals surface area (Å²) < 4.78 is 5.32. The van der Waals surface area contributed by atoms with E-state index in [0.717, 1.165) is 37.7 Å². The highest BCUT2D eigenvalue weighted by atomic mass is 16.4. The second kappa shape index (κ2) is 6.17. The van der Waals surface area contributed by atoms with Crippen molar-refractivity contribution >= 4 is 17.6 Å². The van der Waals surface area contributed by atoms with E-state index >= 15 is 0 Å². The number of nitrogens with one attached hydrogen (secondary N) is 1. The minimum Gasteiger partial charge on any atom is -0.475 e. The molecule has 1 heterocycles. The Bertz CT molecular complexity index is 670. The summed E-state index contributed by atoms with van der Waals surface area (Å²) in [5.74, 6) is -0.708. The fourth-order valence-electron chi connectivity index (χ4n) is 2.87. The summed E-state index contributed by atoms with van der Waals surface area (Å²) >= 11 is 0. The van der Waals surface area contributed by atoms with Crippen LogP contribution < -0.4 is 5.43 Å². The Kier molecular flexibility index (Phi) is 4.09. The van der Waals surface area contributed by atoms with Gasteiger partial charge in [-0.25, -0.2) is 10.2 Å². The number of carboxylic acid groups (broad SMARTS) is 1. The molecule has 0 saturated carbocycles. The molecule has 1 amide bonds. The number of hydrogen-bond acceptors (Lipinski definition) is 4. The van der Waals surface area contributed by atoms with Gasteiger partial charge in [0.2, 0.25) is 5.76 Å². The van der Waals surface area contributed by atoms with Gasteiger partial charge in [0.1, 0.15) is 5.76 Å². The van der Waals surface area contributed by atoms with E-state index in [1.165, 1.54) is 6.07 Å². The summed E-state index contributed by atoms with van der Waals surface area (Å²) in [5.41, 5.74) is 4.75. The molecule has 0 saturated heterocycles. The van der Waals surface area contributed by atoms with Crippen molar-refractivity contribution in [1.29, 1.82) is 0 Å². The molecular formula is C16H18N2O4. The molecule has 0 radical (unpaired) electrons. The maximum absolute atomic E-state index is 12.1. The summed E-state index contributed by atoms with van der Waals surface area (Å²) in [6.07, 6.45) is 8.07. The number of nitrogens with zero attached hydrogens (tertiary/aromatic N) is 1. The molecule has 2 aliphatic rings. The Balaban J connectivity index is 1.77. The lowest BCUT2D eigenvalue weighted by molar-refractivity contribution is -0.117. The topological polar surface area (TPSA) is 91.9 Å². The number of amides is 1. The lowest BCUT2D eigenvalue weighted by Gasteiger charge is -2.14. The number of hydrogen-bond donors (Lipinski definition) is 2. The Labute approximate surface area is 127 Å². The number of furan rings is 1. The molecule has 0 aliphatic heterocycles. The third-order valence-electron chi connectivity index (χ3n) is 4.02. The highest BCUT2D eigenvalue weighted by Gasteiger charge is 2.23. The van der Waals surface area contributed by atoms with E-state index in [9.17, 15) is 9.59 Å². The van der Waals surface area contributed by atoms with Crippen LogP contribution in [0.1, 0.15) is 60.4 Å². The maximum Gasteiger partial charge on any atom is 0.371 e. The molecule has 22 heavy (non-hydrogen) atoms. The van der Waals surface area contributed by atoms with Crippen molar-refractivity contribution in [2.45, 2.75) is 44.9 Å². The number of carbonyl (C=O) groups excluding carboxylic acids is 1. The van der Waals surface area contributed by atoms with Crippen molar-refractivity contribution in [3.8, 4) is 0 Å². The van der Waals surface area contributed by atoms with Crippen molar-refractivity contribution < 1.29 is 19.1 Å². The van der Waals surface area contributed by atoms with Crippen LogP contribution in [0.25, 0.3) is 0 Å². The second-order valence-electron chi connectivity index (χ2n) is 5.58. The number of rotatable bonds is 3. The predicted molar refractivity (Wildman–Crippen MR) is 79.8 cm³/mol. The molecule has 0 bridgehead atoms. The molecule has 0 fully saturated rings. The van der Waals surface area contributed by atoms with Gasteiger partial charge in [0.05, 0.1) is 5.71 Å². The maximum atomic E-state index is 12.1. The van der Waals surface area contributed by atoms with Crippen molar-refractivity contribution in [3.05, 3.63) is 34.8 Å². The first-order valence-corrected chi connectivity index (χ1v) is 7.57. The van der Waals surface area contributed by atoms with Gasteiger partial charge in [-0.3, -0.25) is 4.79 Å². The van der Waals surface area contributed by atoms with E-state index < -0.39 is 5.97 Å². The van der Waals surface area contributed by atoms with E-state index in [1.807, 2.05) is 6.08 Å². The minimum atomic E-state index is -1.09. The first kappa shape index (κ1) is 14.6. The lowest BCUT2D eigenvalue weighted by Crippen LogP contribution is -2.23. The summed E-state index contributed by atoms with van der Waals surface area (Å²) in [6.45, 7) is 0. The van der Waals surface area contributed by atoms with Crippen LogP contribution in [0.2, 0.25) is 0 Å². The van der Waals surface area contributed by atoms with E-state index in [0.29, 0.717) is 29.9 Å². The molecule has 1 aromatic heterocycles. The molecule has 2 N–H and O–H groups in total. The number of carbonyl (C=O) groups is 2. The number of aryl methyl sites for hydroxylation is 1. The van der Waals surface area contributed by atoms with Crippen molar-refractivity contribution in [2.24, 2.45) is 5.10 Å². The number of carboxylic acids is 1. The van der Waals surface area contributed by atoms with E-state index in [-0.39, 0.29) is 11.7 Å². The third kappa shape index (κ3) is 2.95. The smallest absolute Gasteiger partial charge is 0.371 e. The average Bonchev–Trinajstić information content (AvgIpc) is 2.98. The minimum absolute atomic E-state index is 0.0825. The summed E-state index contributed by atoms with van der Waals surface area (Å²) in [6, 6.07) is 1.49. The van der Waals surface area contributed by atoms with Crippen LogP contribution >= 0.6 is 0 Å². The number of fused-ring (bicyclic) bond motifs is 1. The fraction of sp³-hybridized carbons (Fsp3) is 0.438. The van der Waals surface area contributed by atoms with Crippen LogP contribution in [0, 0.1) is 0 Å². The quantitative estimate of drug-likeness (QED) is 0.840. The van der Waals surface area contributed by atoms with Crippen molar-refractivity contribution in [3.63, 3.8) is 0 Å². The molecular weight excluding hydrogens is 284 g/mol. The van der Waals surface area contributed by atoms with E-state index in [2.05, 4.69) is 10.5 Å². The Morgan fingerprint density at radius 1 is 1.18 bits per heavy atom. The normalized spacial score (nSPS) is 19.5. The molecule has 0 spiro atoms. The van der Waals surface area contributed by atoms with E-state index in [4.69, 9.17) is 9.52 Å². The SMILES string of the molecule is O=C(N/N=C1\CCCc2oc(C(=O)O)cc21)C1=CCCCC1. The van der Waals surface area contributed by atoms with Gasteiger partial charge in [0, 0.05) is 23.6 Å². The number of allylic oxidation sites excluding steroid dienone is 1. The van der Waals surface area contributed by atoms with E-state index in [1.54, 1.807) is 0 Å². The molecule has 0 unspecified atom stereocenters. The van der Waals surface area contributed by atoms with Crippen LogP contribution in [0.15, 0.2) is 27.2 Å². The molecule has 2 aliphatic carbocycles. The zero-order valence-corrected chi connectivity index (χ0v) is 12.2. The third-order valence-corrected chi connectivity index (χ3v) is 4.02. The van der Waals surface area contributed by atoms with Gasteiger partial charge in [-0.05, 0) is 38.5 Å². The van der Waals surface area contributed by atoms with Crippen LogP contribution in [-0.2, 0) is 11.2 Å². The predicted octanol–water partition coefficient (Wildman–Crippen LogP) is 2.63. The van der Waals surface area contributed by atoms with Crippen molar-refractivity contribution in [1.82, 2.24) is 5.43 Å². The van der Waals surface area contributed by atoms with Gasteiger partial charge >= 0.3 is 5.97 Å². The van der Waals surface area contributed by atoms with Gasteiger partial charge in [0.25, 0.3) is 5.91 Å². The van der Waals surface area contributed by atoms with Gasteiger partial charge in [0.15, 0.2) is 0 Å². The van der Waals surface area contributed by atoms with Crippen molar-refractivity contribution in [2.75, 3.05) is 0 Å². The number of hydrazone groups is 1. The molecule has 6 nitrogen and oxygen atoms in total. The molecule has 0 atom stereocenters. The summed E-state index contributed by atoms with van der Waals surface area (Å²) in [4.78, 5) is 23.0. The fourth-order valence-corrected chi connectivity index (χ4v) is 2.87. The summed E-state index contributed by atoms with van der Waals surface area (Å²) in [5, 5.41) is 13.2. The molecule has 116 valence electrons. The Hall–Kier alpha value is -2.37. The molecule has 3 rings (SSSR count). The van der Waals surface area contributed by atoms with Gasteiger partial charge in [-0.1, -0.05) is 6.08 Å². The largest absolute Gasteiger partial charge is 0.475 e. The highest BCUT2D eigenvalue weighted by Crippen LogP contribution is 2.25. The molecule has 1 aromatic rings. The lowest BCUT2D eigenvalue weighted by atomic mass is 9.96. The highest BCUT2D eigenvalue weighted by molar-refractivity contribution is 6.04.